The van der Waals surface area contributed by atoms with Crippen molar-refractivity contribution in [3.8, 4) is 5.75 Å². The smallest absolute Gasteiger partial charge is 0.337 e. The van der Waals surface area contributed by atoms with E-state index < -0.39 is 23.8 Å². The second kappa shape index (κ2) is 13.6. The van der Waals surface area contributed by atoms with Crippen LogP contribution in [0.25, 0.3) is 0 Å². The highest BCUT2D eigenvalue weighted by Gasteiger charge is 2.14. The number of aromatic hydroxyl groups is 1. The Morgan fingerprint density at radius 1 is 1.12 bits per heavy atom. The van der Waals surface area contributed by atoms with Crippen LogP contribution >= 0.6 is 0 Å². The van der Waals surface area contributed by atoms with E-state index in [1.54, 1.807) is 20.8 Å². The second-order valence-corrected chi connectivity index (χ2v) is 5.92. The highest BCUT2D eigenvalue weighted by atomic mass is 16.5. The molecule has 0 bridgehead atoms. The third kappa shape index (κ3) is 16.9. The molecule has 0 fully saturated rings. The van der Waals surface area contributed by atoms with Gasteiger partial charge in [0.1, 0.15) is 11.9 Å². The van der Waals surface area contributed by atoms with Gasteiger partial charge in [-0.25, -0.2) is 4.79 Å². The van der Waals surface area contributed by atoms with Gasteiger partial charge in [-0.05, 0) is 45.0 Å². The fourth-order valence-electron chi connectivity index (χ4n) is 1.50. The average molecular weight is 362 g/mol. The van der Waals surface area contributed by atoms with Gasteiger partial charge in [0.2, 0.25) is 0 Å². The number of phenolic OH excluding ortho intramolecular Hbond substituents is 1. The summed E-state index contributed by atoms with van der Waals surface area (Å²) in [6.07, 6.45) is -0.924. The van der Waals surface area contributed by atoms with Crippen LogP contribution in [0.3, 0.4) is 0 Å². The minimum atomic E-state index is -0.954. The minimum absolute atomic E-state index is 0.137. The fourth-order valence-corrected chi connectivity index (χ4v) is 1.50. The number of hydrogen-bond acceptors (Lipinski definition) is 8. The summed E-state index contributed by atoms with van der Waals surface area (Å²) in [5.41, 5.74) is -0.293. The van der Waals surface area contributed by atoms with E-state index in [-0.39, 0.29) is 19.0 Å². The van der Waals surface area contributed by atoms with Crippen molar-refractivity contribution in [2.75, 3.05) is 20.3 Å². The first-order valence-corrected chi connectivity index (χ1v) is 7.64. The molecule has 25 heavy (non-hydrogen) atoms. The molecule has 0 heterocycles. The number of phenols is 1. The summed E-state index contributed by atoms with van der Waals surface area (Å²) in [5, 5.41) is 50.6. The van der Waals surface area contributed by atoms with Crippen LogP contribution in [-0.4, -0.2) is 74.7 Å². The van der Waals surface area contributed by atoms with Crippen molar-refractivity contribution in [1.29, 1.82) is 0 Å². The number of rotatable bonds is 5. The number of aliphatic hydroxyl groups excluding tert-OH is 4. The Balaban J connectivity index is 0. The standard InChI is InChI=1S/C8H8O3.C6H14O2.C3H8O3/c1-11-8(10)6-2-4-7(9)5-3-6;1-5(7)4-6(2,3)8;4-1-3(6)2-5/h2-5,9H,1H3;5,7-8H,4H2,1-3H3;3-6H,1-2H2. The van der Waals surface area contributed by atoms with E-state index in [0.717, 1.165) is 0 Å². The van der Waals surface area contributed by atoms with Crippen molar-refractivity contribution in [2.24, 2.45) is 0 Å². The van der Waals surface area contributed by atoms with Gasteiger partial charge in [-0.3, -0.25) is 0 Å². The van der Waals surface area contributed by atoms with Gasteiger partial charge in [-0.1, -0.05) is 0 Å². The van der Waals surface area contributed by atoms with Crippen LogP contribution in [0.5, 0.6) is 5.75 Å². The van der Waals surface area contributed by atoms with E-state index >= 15 is 0 Å². The Bertz CT molecular complexity index is 447. The van der Waals surface area contributed by atoms with E-state index in [2.05, 4.69) is 4.74 Å². The maximum atomic E-state index is 10.8. The molecule has 1 unspecified atom stereocenters. The molecule has 8 heteroatoms. The fraction of sp³-hybridized carbons (Fsp3) is 0.588. The lowest BCUT2D eigenvalue weighted by Gasteiger charge is -2.17. The van der Waals surface area contributed by atoms with Crippen molar-refractivity contribution in [3.05, 3.63) is 29.8 Å². The monoisotopic (exact) mass is 362 g/mol. The van der Waals surface area contributed by atoms with E-state index in [0.29, 0.717) is 12.0 Å². The van der Waals surface area contributed by atoms with Gasteiger partial charge in [-0.15, -0.1) is 0 Å². The number of hydrogen-bond donors (Lipinski definition) is 6. The second-order valence-electron chi connectivity index (χ2n) is 5.92. The van der Waals surface area contributed by atoms with Crippen LogP contribution in [0.15, 0.2) is 24.3 Å². The van der Waals surface area contributed by atoms with Crippen LogP contribution in [0.4, 0.5) is 0 Å². The first kappa shape index (κ1) is 25.5. The molecular formula is C17H30O8. The average Bonchev–Trinajstić information content (AvgIpc) is 2.53. The van der Waals surface area contributed by atoms with Crippen molar-refractivity contribution in [1.82, 2.24) is 0 Å². The number of ether oxygens (including phenoxy) is 1. The molecule has 0 radical (unpaired) electrons. The van der Waals surface area contributed by atoms with Crippen LogP contribution in [-0.2, 0) is 4.74 Å². The molecule has 0 amide bonds. The Hall–Kier alpha value is -1.71. The zero-order valence-corrected chi connectivity index (χ0v) is 15.1. The van der Waals surface area contributed by atoms with E-state index in [9.17, 15) is 4.79 Å². The minimum Gasteiger partial charge on any atom is -0.508 e. The lowest BCUT2D eigenvalue weighted by Crippen LogP contribution is -2.24. The quantitative estimate of drug-likeness (QED) is 0.402. The molecule has 1 aromatic rings. The highest BCUT2D eigenvalue weighted by Crippen LogP contribution is 2.10. The largest absolute Gasteiger partial charge is 0.508 e. The van der Waals surface area contributed by atoms with Crippen LogP contribution < -0.4 is 0 Å². The summed E-state index contributed by atoms with van der Waals surface area (Å²) < 4.78 is 4.46. The van der Waals surface area contributed by atoms with E-state index in [1.165, 1.54) is 31.4 Å². The molecule has 0 aliphatic carbocycles. The zero-order valence-electron chi connectivity index (χ0n) is 15.1. The zero-order chi connectivity index (χ0) is 20.0. The first-order valence-electron chi connectivity index (χ1n) is 7.64. The topological polar surface area (TPSA) is 148 Å². The summed E-state index contributed by atoms with van der Waals surface area (Å²) in [6.45, 7) is 4.30. The molecule has 1 aromatic carbocycles. The molecule has 0 aliphatic heterocycles. The molecule has 8 nitrogen and oxygen atoms in total. The molecule has 0 aliphatic rings. The Labute approximate surface area is 147 Å². The van der Waals surface area contributed by atoms with Crippen molar-refractivity contribution in [2.45, 2.75) is 45.0 Å². The van der Waals surface area contributed by atoms with Crippen molar-refractivity contribution < 1.29 is 40.2 Å². The Kier molecular flexibility index (Phi) is 13.9. The molecule has 0 aromatic heterocycles. The molecule has 0 spiro atoms. The molecule has 0 saturated heterocycles. The summed E-state index contributed by atoms with van der Waals surface area (Å²) in [4.78, 5) is 10.8. The maximum Gasteiger partial charge on any atom is 0.337 e. The van der Waals surface area contributed by atoms with Gasteiger partial charge < -0.3 is 35.4 Å². The number of esters is 1. The van der Waals surface area contributed by atoms with Crippen LogP contribution in [0.1, 0.15) is 37.6 Å². The van der Waals surface area contributed by atoms with Crippen LogP contribution in [0.2, 0.25) is 0 Å². The van der Waals surface area contributed by atoms with Crippen LogP contribution in [0, 0.1) is 0 Å². The number of aliphatic hydroxyl groups is 5. The first-order chi connectivity index (χ1) is 11.5. The third-order valence-electron chi connectivity index (χ3n) is 2.50. The number of benzene rings is 1. The predicted molar refractivity (Wildman–Crippen MR) is 92.2 cm³/mol. The van der Waals surface area contributed by atoms with Crippen molar-refractivity contribution in [3.63, 3.8) is 0 Å². The summed E-state index contributed by atoms with van der Waals surface area (Å²) in [6, 6.07) is 5.88. The summed E-state index contributed by atoms with van der Waals surface area (Å²) in [7, 11) is 1.31. The SMILES string of the molecule is CC(O)CC(C)(C)O.COC(=O)c1ccc(O)cc1.OCC(O)CO. The predicted octanol–water partition coefficient (Wildman–Crippen LogP) is 0.0389. The van der Waals surface area contributed by atoms with Gasteiger partial charge in [0.15, 0.2) is 0 Å². The van der Waals surface area contributed by atoms with E-state index in [4.69, 9.17) is 30.6 Å². The molecule has 1 rings (SSSR count). The van der Waals surface area contributed by atoms with Gasteiger partial charge >= 0.3 is 5.97 Å². The van der Waals surface area contributed by atoms with Gasteiger partial charge in [0.25, 0.3) is 0 Å². The lowest BCUT2D eigenvalue weighted by atomic mass is 10.0. The Morgan fingerprint density at radius 2 is 1.56 bits per heavy atom. The normalized spacial score (nSPS) is 11.6. The third-order valence-corrected chi connectivity index (χ3v) is 2.50. The maximum absolute atomic E-state index is 10.8. The number of methoxy groups -OCH3 is 1. The Morgan fingerprint density at radius 3 is 1.76 bits per heavy atom. The summed E-state index contributed by atoms with van der Waals surface area (Å²) in [5.74, 6) is -0.261. The van der Waals surface area contributed by atoms with E-state index in [1.807, 2.05) is 0 Å². The molecule has 1 atom stereocenters. The van der Waals surface area contributed by atoms with Gasteiger partial charge in [0.05, 0.1) is 37.6 Å². The molecule has 0 saturated carbocycles. The lowest BCUT2D eigenvalue weighted by molar-refractivity contribution is 0.0248. The highest BCUT2D eigenvalue weighted by molar-refractivity contribution is 5.89. The van der Waals surface area contributed by atoms with Gasteiger partial charge in [-0.2, -0.15) is 0 Å². The van der Waals surface area contributed by atoms with Gasteiger partial charge in [0, 0.05) is 6.42 Å². The molecule has 6 N–H and O–H groups in total. The number of carbonyl (C=O) groups is 1. The van der Waals surface area contributed by atoms with Crippen molar-refractivity contribution >= 4 is 5.97 Å². The summed E-state index contributed by atoms with van der Waals surface area (Å²) >= 11 is 0. The molecular weight excluding hydrogens is 332 g/mol. The number of carbonyl (C=O) groups excluding carboxylic acids is 1. The molecule has 146 valence electrons.